The van der Waals surface area contributed by atoms with Crippen LogP contribution in [0.15, 0.2) is 0 Å². The van der Waals surface area contributed by atoms with Crippen molar-refractivity contribution in [1.82, 2.24) is 9.62 Å². The summed E-state index contributed by atoms with van der Waals surface area (Å²) in [5, 5.41) is 11.5. The molecule has 7 nitrogen and oxygen atoms in total. The highest BCUT2D eigenvalue weighted by atomic mass is 32.2. The van der Waals surface area contributed by atoms with Crippen molar-refractivity contribution in [2.75, 3.05) is 38.7 Å². The lowest BCUT2D eigenvalue weighted by Gasteiger charge is -2.26. The van der Waals surface area contributed by atoms with Crippen LogP contribution in [-0.2, 0) is 19.6 Å². The molecule has 0 unspecified atom stereocenters. The van der Waals surface area contributed by atoms with Crippen LogP contribution in [0.5, 0.6) is 0 Å². The van der Waals surface area contributed by atoms with Crippen molar-refractivity contribution in [2.24, 2.45) is 0 Å². The Labute approximate surface area is 114 Å². The van der Waals surface area contributed by atoms with E-state index in [9.17, 15) is 13.2 Å². The number of aliphatic hydroxyl groups is 1. The van der Waals surface area contributed by atoms with Gasteiger partial charge < -0.3 is 15.2 Å². The van der Waals surface area contributed by atoms with Gasteiger partial charge in [0.25, 0.3) is 0 Å². The van der Waals surface area contributed by atoms with E-state index < -0.39 is 10.0 Å². The predicted molar refractivity (Wildman–Crippen MR) is 70.1 cm³/mol. The number of hydrogen-bond acceptors (Lipinski definition) is 5. The van der Waals surface area contributed by atoms with Crippen LogP contribution >= 0.6 is 0 Å². The van der Waals surface area contributed by atoms with Crippen LogP contribution in [0.25, 0.3) is 0 Å². The highest BCUT2D eigenvalue weighted by Gasteiger charge is 2.25. The van der Waals surface area contributed by atoms with Crippen molar-refractivity contribution in [3.05, 3.63) is 0 Å². The second-order valence-corrected chi connectivity index (χ2v) is 6.52. The molecule has 1 amide bonds. The summed E-state index contributed by atoms with van der Waals surface area (Å²) in [6, 6.07) is -0.307. The van der Waals surface area contributed by atoms with Crippen molar-refractivity contribution in [3.8, 4) is 0 Å². The lowest BCUT2D eigenvalue weighted by atomic mass is 10.2. The number of hydrogen-bond donors (Lipinski definition) is 2. The zero-order valence-corrected chi connectivity index (χ0v) is 12.0. The Balaban J connectivity index is 2.39. The Kier molecular flexibility index (Phi) is 6.70. The van der Waals surface area contributed by atoms with Gasteiger partial charge in [0.05, 0.1) is 31.6 Å². The number of ether oxygens (including phenoxy) is 1. The minimum Gasteiger partial charge on any atom is -0.394 e. The molecular weight excluding hydrogens is 272 g/mol. The van der Waals surface area contributed by atoms with Gasteiger partial charge in [-0.3, -0.25) is 4.79 Å². The molecule has 112 valence electrons. The summed E-state index contributed by atoms with van der Waals surface area (Å²) in [7, 11) is -3.40. The zero-order valence-electron chi connectivity index (χ0n) is 11.2. The van der Waals surface area contributed by atoms with Crippen molar-refractivity contribution in [2.45, 2.75) is 25.8 Å². The molecule has 1 fully saturated rings. The molecule has 1 heterocycles. The normalized spacial score (nSPS) is 19.1. The summed E-state index contributed by atoms with van der Waals surface area (Å²) < 4.78 is 30.4. The van der Waals surface area contributed by atoms with Crippen molar-refractivity contribution >= 4 is 15.9 Å². The fourth-order valence-electron chi connectivity index (χ4n) is 1.75. The average molecular weight is 294 g/mol. The van der Waals surface area contributed by atoms with E-state index in [0.717, 1.165) is 0 Å². The number of amides is 1. The standard InChI is InChI=1S/C11H22N2O5S/c1-2-10(9-14)12-11(15)3-8-19(16,17)13-4-6-18-7-5-13/h10,14H,2-9H2,1H3,(H,12,15)/t10-/m0/s1. The Bertz CT molecular complexity index is 375. The third-order valence-electron chi connectivity index (χ3n) is 3.03. The number of nitrogens with one attached hydrogen (secondary N) is 1. The SMILES string of the molecule is CC[C@@H](CO)NC(=O)CCS(=O)(=O)N1CCOCC1. The van der Waals surface area contributed by atoms with Crippen molar-refractivity contribution in [3.63, 3.8) is 0 Å². The van der Waals surface area contributed by atoms with E-state index in [2.05, 4.69) is 5.32 Å². The van der Waals surface area contributed by atoms with E-state index in [0.29, 0.717) is 32.7 Å². The van der Waals surface area contributed by atoms with E-state index in [4.69, 9.17) is 9.84 Å². The molecule has 19 heavy (non-hydrogen) atoms. The summed E-state index contributed by atoms with van der Waals surface area (Å²) in [4.78, 5) is 11.6. The Morgan fingerprint density at radius 1 is 1.42 bits per heavy atom. The summed E-state index contributed by atoms with van der Waals surface area (Å²) in [5.74, 6) is -0.557. The van der Waals surface area contributed by atoms with Gasteiger partial charge >= 0.3 is 0 Å². The lowest BCUT2D eigenvalue weighted by Crippen LogP contribution is -2.43. The number of aliphatic hydroxyl groups excluding tert-OH is 1. The number of rotatable bonds is 7. The number of carbonyl (C=O) groups is 1. The van der Waals surface area contributed by atoms with Gasteiger partial charge in [-0.25, -0.2) is 8.42 Å². The van der Waals surface area contributed by atoms with E-state index in [1.165, 1.54) is 4.31 Å². The van der Waals surface area contributed by atoms with Crippen LogP contribution in [-0.4, -0.2) is 68.4 Å². The van der Waals surface area contributed by atoms with Crippen LogP contribution in [0.1, 0.15) is 19.8 Å². The fraction of sp³-hybridized carbons (Fsp3) is 0.909. The molecule has 0 radical (unpaired) electrons. The number of sulfonamides is 1. The smallest absolute Gasteiger partial charge is 0.221 e. The largest absolute Gasteiger partial charge is 0.394 e. The summed E-state index contributed by atoms with van der Waals surface area (Å²) in [5.41, 5.74) is 0. The Morgan fingerprint density at radius 3 is 2.58 bits per heavy atom. The molecule has 1 aliphatic heterocycles. The van der Waals surface area contributed by atoms with Crippen molar-refractivity contribution < 1.29 is 23.1 Å². The second-order valence-electron chi connectivity index (χ2n) is 4.43. The first kappa shape index (κ1) is 16.4. The minimum absolute atomic E-state index is 0.0871. The highest BCUT2D eigenvalue weighted by molar-refractivity contribution is 7.89. The number of morpholine rings is 1. The van der Waals surface area contributed by atoms with Crippen LogP contribution < -0.4 is 5.32 Å². The average Bonchev–Trinajstić information content (AvgIpc) is 2.43. The molecule has 0 bridgehead atoms. The monoisotopic (exact) mass is 294 g/mol. The summed E-state index contributed by atoms with van der Waals surface area (Å²) in [6.45, 7) is 3.18. The third kappa shape index (κ3) is 5.43. The first-order valence-electron chi connectivity index (χ1n) is 6.45. The minimum atomic E-state index is -3.40. The maximum atomic E-state index is 12.0. The summed E-state index contributed by atoms with van der Waals surface area (Å²) >= 11 is 0. The molecule has 0 saturated carbocycles. The number of nitrogens with zero attached hydrogens (tertiary/aromatic N) is 1. The van der Waals surface area contributed by atoms with E-state index in [1.807, 2.05) is 6.92 Å². The van der Waals surface area contributed by atoms with Gasteiger partial charge in [0, 0.05) is 19.5 Å². The molecule has 0 spiro atoms. The van der Waals surface area contributed by atoms with Gasteiger partial charge in [-0.05, 0) is 6.42 Å². The maximum absolute atomic E-state index is 12.0. The maximum Gasteiger partial charge on any atom is 0.221 e. The van der Waals surface area contributed by atoms with E-state index >= 15 is 0 Å². The molecule has 1 saturated heterocycles. The van der Waals surface area contributed by atoms with Crippen LogP contribution in [0.4, 0.5) is 0 Å². The first-order valence-corrected chi connectivity index (χ1v) is 8.06. The topological polar surface area (TPSA) is 95.9 Å². The molecule has 0 aliphatic carbocycles. The summed E-state index contributed by atoms with van der Waals surface area (Å²) in [6.07, 6.45) is 0.522. The molecule has 2 N–H and O–H groups in total. The molecule has 8 heteroatoms. The molecular formula is C11H22N2O5S. The molecule has 1 aliphatic rings. The molecule has 0 aromatic rings. The molecule has 0 aromatic carbocycles. The highest BCUT2D eigenvalue weighted by Crippen LogP contribution is 2.07. The van der Waals surface area contributed by atoms with Gasteiger partial charge in [-0.15, -0.1) is 0 Å². The van der Waals surface area contributed by atoms with E-state index in [-0.39, 0.29) is 30.7 Å². The van der Waals surface area contributed by atoms with Crippen molar-refractivity contribution in [1.29, 1.82) is 0 Å². The molecule has 0 aromatic heterocycles. The van der Waals surface area contributed by atoms with Gasteiger partial charge in [0.1, 0.15) is 0 Å². The molecule has 1 atom stereocenters. The first-order chi connectivity index (χ1) is 8.99. The molecule has 1 rings (SSSR count). The second kappa shape index (κ2) is 7.78. The Morgan fingerprint density at radius 2 is 2.05 bits per heavy atom. The zero-order chi connectivity index (χ0) is 14.3. The van der Waals surface area contributed by atoms with Crippen LogP contribution in [0.2, 0.25) is 0 Å². The van der Waals surface area contributed by atoms with E-state index in [1.54, 1.807) is 0 Å². The Hall–Kier alpha value is -0.700. The predicted octanol–water partition coefficient (Wildman–Crippen LogP) is -1.07. The van der Waals surface area contributed by atoms with Gasteiger partial charge in [-0.1, -0.05) is 6.92 Å². The van der Waals surface area contributed by atoms with Gasteiger partial charge in [-0.2, -0.15) is 4.31 Å². The van der Waals surface area contributed by atoms with Crippen LogP contribution in [0, 0.1) is 0 Å². The van der Waals surface area contributed by atoms with Gasteiger partial charge in [0.15, 0.2) is 0 Å². The lowest BCUT2D eigenvalue weighted by molar-refractivity contribution is -0.121. The fourth-order valence-corrected chi connectivity index (χ4v) is 3.16. The third-order valence-corrected chi connectivity index (χ3v) is 4.90. The quantitative estimate of drug-likeness (QED) is 0.623. The van der Waals surface area contributed by atoms with Crippen LogP contribution in [0.3, 0.4) is 0 Å². The van der Waals surface area contributed by atoms with Gasteiger partial charge in [0.2, 0.25) is 15.9 Å². The number of carbonyl (C=O) groups excluding carboxylic acids is 1.